The van der Waals surface area contributed by atoms with Gasteiger partial charge in [-0.05, 0) is 60.0 Å². The van der Waals surface area contributed by atoms with E-state index >= 15 is 0 Å². The second-order valence-electron chi connectivity index (χ2n) is 7.67. The molecule has 5 rings (SSSR count). The van der Waals surface area contributed by atoms with Crippen molar-refractivity contribution in [3.63, 3.8) is 0 Å². The van der Waals surface area contributed by atoms with Crippen LogP contribution in [0.15, 0.2) is 83.8 Å². The molecule has 7 heteroatoms. The van der Waals surface area contributed by atoms with Gasteiger partial charge in [-0.1, -0.05) is 42.5 Å². The van der Waals surface area contributed by atoms with Crippen molar-refractivity contribution in [2.24, 2.45) is 0 Å². The number of aromatic nitrogens is 2. The molecule has 0 radical (unpaired) electrons. The maximum Gasteiger partial charge on any atom is 0.261 e. The number of anilines is 2. The zero-order chi connectivity index (χ0) is 21.3. The Balaban J connectivity index is 1.39. The normalized spacial score (nSPS) is 14.1. The van der Waals surface area contributed by atoms with Gasteiger partial charge in [-0.3, -0.25) is 4.72 Å². The SMILES string of the molecule is O=S(=O)(Nc1cccc(-c2ccc(N3CCCC3)nn2)c1)c1ccc2ccccc2c1. The molecule has 0 unspecified atom stereocenters. The van der Waals surface area contributed by atoms with Crippen molar-refractivity contribution in [3.05, 3.63) is 78.9 Å². The molecular weight excluding hydrogens is 408 g/mol. The van der Waals surface area contributed by atoms with E-state index in [0.717, 1.165) is 35.2 Å². The van der Waals surface area contributed by atoms with Crippen LogP contribution in [0.4, 0.5) is 11.5 Å². The van der Waals surface area contributed by atoms with E-state index < -0.39 is 10.0 Å². The van der Waals surface area contributed by atoms with Crippen LogP contribution in [0.2, 0.25) is 0 Å². The molecule has 1 aromatic heterocycles. The van der Waals surface area contributed by atoms with E-state index in [4.69, 9.17) is 0 Å². The van der Waals surface area contributed by atoms with Crippen molar-refractivity contribution in [1.82, 2.24) is 10.2 Å². The number of sulfonamides is 1. The molecule has 0 aliphatic carbocycles. The van der Waals surface area contributed by atoms with Crippen molar-refractivity contribution in [2.75, 3.05) is 22.7 Å². The van der Waals surface area contributed by atoms with Crippen molar-refractivity contribution >= 4 is 32.3 Å². The molecule has 156 valence electrons. The van der Waals surface area contributed by atoms with E-state index in [1.807, 2.05) is 54.6 Å². The number of fused-ring (bicyclic) bond motifs is 1. The Hall–Kier alpha value is -3.45. The third-order valence-corrected chi connectivity index (χ3v) is 6.90. The van der Waals surface area contributed by atoms with Crippen LogP contribution in [-0.2, 0) is 10.0 Å². The highest BCUT2D eigenvalue weighted by atomic mass is 32.2. The molecule has 31 heavy (non-hydrogen) atoms. The molecule has 0 saturated carbocycles. The van der Waals surface area contributed by atoms with Crippen LogP contribution in [-0.4, -0.2) is 31.7 Å². The number of rotatable bonds is 5. The number of nitrogens with one attached hydrogen (secondary N) is 1. The minimum atomic E-state index is -3.71. The molecule has 4 aromatic rings. The molecule has 0 spiro atoms. The Morgan fingerprint density at radius 3 is 2.35 bits per heavy atom. The first-order valence-corrected chi connectivity index (χ1v) is 11.8. The van der Waals surface area contributed by atoms with E-state index in [1.165, 1.54) is 12.8 Å². The summed E-state index contributed by atoms with van der Waals surface area (Å²) in [5.74, 6) is 0.884. The standard InChI is InChI=1S/C24H22N4O2S/c29-31(30,22-11-10-18-6-1-2-7-19(18)17-22)27-21-9-5-8-20(16-21)23-12-13-24(26-25-23)28-14-3-4-15-28/h1-2,5-13,16-17,27H,3-4,14-15H2. The van der Waals surface area contributed by atoms with Crippen LogP contribution in [0.3, 0.4) is 0 Å². The zero-order valence-electron chi connectivity index (χ0n) is 16.9. The Bertz CT molecular complexity index is 1330. The summed E-state index contributed by atoms with van der Waals surface area (Å²) in [7, 11) is -3.71. The lowest BCUT2D eigenvalue weighted by molar-refractivity contribution is 0.601. The molecule has 0 bridgehead atoms. The lowest BCUT2D eigenvalue weighted by Gasteiger charge is -2.15. The highest BCUT2D eigenvalue weighted by Gasteiger charge is 2.16. The van der Waals surface area contributed by atoms with Crippen molar-refractivity contribution in [1.29, 1.82) is 0 Å². The van der Waals surface area contributed by atoms with E-state index in [2.05, 4.69) is 19.8 Å². The summed E-state index contributed by atoms with van der Waals surface area (Å²) in [4.78, 5) is 2.46. The van der Waals surface area contributed by atoms with Gasteiger partial charge in [0.1, 0.15) is 0 Å². The van der Waals surface area contributed by atoms with Gasteiger partial charge in [0.25, 0.3) is 10.0 Å². The zero-order valence-corrected chi connectivity index (χ0v) is 17.7. The first kappa shape index (κ1) is 19.5. The monoisotopic (exact) mass is 430 g/mol. The largest absolute Gasteiger partial charge is 0.355 e. The third kappa shape index (κ3) is 4.09. The van der Waals surface area contributed by atoms with E-state index in [-0.39, 0.29) is 4.90 Å². The van der Waals surface area contributed by atoms with Crippen LogP contribution in [0.25, 0.3) is 22.0 Å². The highest BCUT2D eigenvalue weighted by molar-refractivity contribution is 7.92. The second-order valence-corrected chi connectivity index (χ2v) is 9.35. The summed E-state index contributed by atoms with van der Waals surface area (Å²) in [5, 5.41) is 10.6. The van der Waals surface area contributed by atoms with Crippen LogP contribution in [0, 0.1) is 0 Å². The van der Waals surface area contributed by atoms with Gasteiger partial charge in [0, 0.05) is 24.3 Å². The van der Waals surface area contributed by atoms with Crippen LogP contribution in [0.5, 0.6) is 0 Å². The molecule has 6 nitrogen and oxygen atoms in total. The predicted octanol–water partition coefficient (Wildman–Crippen LogP) is 4.70. The second kappa shape index (κ2) is 8.00. The van der Waals surface area contributed by atoms with Gasteiger partial charge >= 0.3 is 0 Å². The van der Waals surface area contributed by atoms with Gasteiger partial charge in [0.05, 0.1) is 10.6 Å². The maximum absolute atomic E-state index is 12.9. The number of hydrogen-bond acceptors (Lipinski definition) is 5. The van der Waals surface area contributed by atoms with Gasteiger partial charge in [-0.15, -0.1) is 10.2 Å². The summed E-state index contributed by atoms with van der Waals surface area (Å²) >= 11 is 0. The summed E-state index contributed by atoms with van der Waals surface area (Å²) in [5.41, 5.74) is 1.99. The maximum atomic E-state index is 12.9. The van der Waals surface area contributed by atoms with E-state index in [0.29, 0.717) is 11.4 Å². The highest BCUT2D eigenvalue weighted by Crippen LogP contribution is 2.26. The summed E-state index contributed by atoms with van der Waals surface area (Å²) in [6, 6.07) is 23.9. The predicted molar refractivity (Wildman–Crippen MR) is 124 cm³/mol. The smallest absolute Gasteiger partial charge is 0.261 e. The van der Waals surface area contributed by atoms with Crippen molar-refractivity contribution < 1.29 is 8.42 Å². The summed E-state index contributed by atoms with van der Waals surface area (Å²) in [6.07, 6.45) is 2.37. The lowest BCUT2D eigenvalue weighted by Crippen LogP contribution is -2.19. The molecule has 3 aromatic carbocycles. The Kier molecular flexibility index (Phi) is 5.03. The first-order chi connectivity index (χ1) is 15.1. The van der Waals surface area contributed by atoms with Gasteiger partial charge in [-0.25, -0.2) is 8.42 Å². The molecule has 1 aliphatic heterocycles. The number of nitrogens with zero attached hydrogens (tertiary/aromatic N) is 3. The van der Waals surface area contributed by atoms with Gasteiger partial charge < -0.3 is 4.90 Å². The Morgan fingerprint density at radius 1 is 0.774 bits per heavy atom. The fourth-order valence-electron chi connectivity index (χ4n) is 3.88. The topological polar surface area (TPSA) is 75.2 Å². The Labute approximate surface area is 181 Å². The average molecular weight is 431 g/mol. The summed E-state index contributed by atoms with van der Waals surface area (Å²) < 4.78 is 28.6. The van der Waals surface area contributed by atoms with E-state index in [1.54, 1.807) is 24.3 Å². The minimum Gasteiger partial charge on any atom is -0.355 e. The number of hydrogen-bond donors (Lipinski definition) is 1. The minimum absolute atomic E-state index is 0.228. The van der Waals surface area contributed by atoms with Gasteiger partial charge in [0.15, 0.2) is 5.82 Å². The first-order valence-electron chi connectivity index (χ1n) is 10.3. The lowest BCUT2D eigenvalue weighted by atomic mass is 10.1. The molecular formula is C24H22N4O2S. The van der Waals surface area contributed by atoms with Gasteiger partial charge in [0.2, 0.25) is 0 Å². The molecule has 0 amide bonds. The van der Waals surface area contributed by atoms with Crippen LogP contribution >= 0.6 is 0 Å². The third-order valence-electron chi connectivity index (χ3n) is 5.52. The van der Waals surface area contributed by atoms with Crippen molar-refractivity contribution in [2.45, 2.75) is 17.7 Å². The molecule has 1 fully saturated rings. The molecule has 2 heterocycles. The fraction of sp³-hybridized carbons (Fsp3) is 0.167. The Morgan fingerprint density at radius 2 is 1.58 bits per heavy atom. The van der Waals surface area contributed by atoms with Crippen molar-refractivity contribution in [3.8, 4) is 11.3 Å². The molecule has 1 N–H and O–H groups in total. The molecule has 1 aliphatic rings. The number of benzene rings is 3. The molecule has 1 saturated heterocycles. The van der Waals surface area contributed by atoms with E-state index in [9.17, 15) is 8.42 Å². The average Bonchev–Trinajstić information content (AvgIpc) is 3.34. The quantitative estimate of drug-likeness (QED) is 0.497. The van der Waals surface area contributed by atoms with Crippen LogP contribution in [0.1, 0.15) is 12.8 Å². The molecule has 0 atom stereocenters. The summed E-state index contributed by atoms with van der Waals surface area (Å²) in [6.45, 7) is 2.03. The van der Waals surface area contributed by atoms with Crippen LogP contribution < -0.4 is 9.62 Å². The fourth-order valence-corrected chi connectivity index (χ4v) is 4.97. The van der Waals surface area contributed by atoms with Gasteiger partial charge in [-0.2, -0.15) is 0 Å².